The molecule has 2 heterocycles. The highest BCUT2D eigenvalue weighted by Gasteiger charge is 2.41. The lowest BCUT2D eigenvalue weighted by atomic mass is 9.94. The number of benzene rings is 3. The highest BCUT2D eigenvalue weighted by molar-refractivity contribution is 6.05. The van der Waals surface area contributed by atoms with Gasteiger partial charge in [0.15, 0.2) is 0 Å². The SMILES string of the molecule is O=C1C(CC(O)CN(Cc2ccccc2)Cc2ccccc2)c2ccccc2N1C1CCNCC1. The average molecular weight is 470 g/mol. The van der Waals surface area contributed by atoms with Crippen molar-refractivity contribution in [2.75, 3.05) is 24.5 Å². The normalized spacial score (nSPS) is 19.2. The number of anilines is 1. The Morgan fingerprint density at radius 2 is 1.43 bits per heavy atom. The largest absolute Gasteiger partial charge is 0.392 e. The zero-order valence-electron chi connectivity index (χ0n) is 20.2. The Kier molecular flexibility index (Phi) is 7.57. The zero-order chi connectivity index (χ0) is 24.0. The maximum atomic E-state index is 13.6. The summed E-state index contributed by atoms with van der Waals surface area (Å²) in [5.74, 6) is -0.138. The molecule has 3 aromatic carbocycles. The summed E-state index contributed by atoms with van der Waals surface area (Å²) in [6.45, 7) is 3.91. The third-order valence-electron chi connectivity index (χ3n) is 7.26. The van der Waals surface area contributed by atoms with Gasteiger partial charge in [0.05, 0.1) is 12.0 Å². The number of aliphatic hydroxyl groups is 1. The van der Waals surface area contributed by atoms with E-state index in [1.165, 1.54) is 11.1 Å². The van der Waals surface area contributed by atoms with Gasteiger partial charge in [-0.1, -0.05) is 78.9 Å². The highest BCUT2D eigenvalue weighted by Crippen LogP contribution is 2.42. The van der Waals surface area contributed by atoms with Crippen molar-refractivity contribution in [1.29, 1.82) is 0 Å². The molecule has 2 aliphatic heterocycles. The van der Waals surface area contributed by atoms with Gasteiger partial charge in [-0.2, -0.15) is 0 Å². The van der Waals surface area contributed by atoms with E-state index in [1.807, 2.05) is 29.2 Å². The fourth-order valence-electron chi connectivity index (χ4n) is 5.60. The molecule has 0 radical (unpaired) electrons. The third kappa shape index (κ3) is 5.64. The molecule has 5 heteroatoms. The lowest BCUT2D eigenvalue weighted by molar-refractivity contribution is -0.120. The smallest absolute Gasteiger partial charge is 0.234 e. The second-order valence-electron chi connectivity index (χ2n) is 9.83. The molecular formula is C30H35N3O2. The molecule has 1 amide bonds. The van der Waals surface area contributed by atoms with Crippen molar-refractivity contribution >= 4 is 11.6 Å². The topological polar surface area (TPSA) is 55.8 Å². The minimum Gasteiger partial charge on any atom is -0.392 e. The van der Waals surface area contributed by atoms with Crippen molar-refractivity contribution in [3.63, 3.8) is 0 Å². The molecule has 2 atom stereocenters. The van der Waals surface area contributed by atoms with Crippen molar-refractivity contribution in [1.82, 2.24) is 10.2 Å². The molecule has 3 aromatic rings. The van der Waals surface area contributed by atoms with Crippen LogP contribution in [0.5, 0.6) is 0 Å². The highest BCUT2D eigenvalue weighted by atomic mass is 16.3. The molecule has 2 aliphatic rings. The molecule has 0 spiro atoms. The summed E-state index contributed by atoms with van der Waals surface area (Å²) in [5, 5.41) is 14.7. The van der Waals surface area contributed by atoms with Gasteiger partial charge in [-0.3, -0.25) is 9.69 Å². The van der Waals surface area contributed by atoms with E-state index < -0.39 is 6.10 Å². The number of carbonyl (C=O) groups excluding carboxylic acids is 1. The predicted molar refractivity (Wildman–Crippen MR) is 140 cm³/mol. The minimum absolute atomic E-state index is 0.148. The maximum absolute atomic E-state index is 13.6. The number of rotatable bonds is 9. The molecule has 0 bridgehead atoms. The monoisotopic (exact) mass is 469 g/mol. The molecule has 2 N–H and O–H groups in total. The second-order valence-corrected chi connectivity index (χ2v) is 9.83. The summed E-state index contributed by atoms with van der Waals surface area (Å²) in [4.78, 5) is 18.0. The molecule has 0 aromatic heterocycles. The van der Waals surface area contributed by atoms with Crippen molar-refractivity contribution in [3.05, 3.63) is 102 Å². The number of piperidine rings is 1. The number of amides is 1. The van der Waals surface area contributed by atoms with Gasteiger partial charge in [0.2, 0.25) is 5.91 Å². The first kappa shape index (κ1) is 23.7. The van der Waals surface area contributed by atoms with Gasteiger partial charge in [-0.15, -0.1) is 0 Å². The Bertz CT molecular complexity index is 1060. The lowest BCUT2D eigenvalue weighted by Crippen LogP contribution is -2.45. The van der Waals surface area contributed by atoms with E-state index in [9.17, 15) is 9.90 Å². The second kappa shape index (κ2) is 11.2. The maximum Gasteiger partial charge on any atom is 0.234 e. The van der Waals surface area contributed by atoms with Crippen molar-refractivity contribution in [2.24, 2.45) is 0 Å². The lowest BCUT2D eigenvalue weighted by Gasteiger charge is -2.32. The van der Waals surface area contributed by atoms with E-state index in [1.54, 1.807) is 0 Å². The Hall–Kier alpha value is -2.99. The quantitative estimate of drug-likeness (QED) is 0.490. The van der Waals surface area contributed by atoms with Crippen LogP contribution in [0, 0.1) is 0 Å². The standard InChI is InChI=1S/C30H35N3O2/c34-26(22-32(20-23-9-3-1-4-10-23)21-24-11-5-2-6-12-24)19-28-27-13-7-8-14-29(27)33(30(28)35)25-15-17-31-18-16-25/h1-14,25-26,28,31,34H,15-22H2. The Morgan fingerprint density at radius 3 is 2.06 bits per heavy atom. The third-order valence-corrected chi connectivity index (χ3v) is 7.26. The number of hydrogen-bond acceptors (Lipinski definition) is 4. The van der Waals surface area contributed by atoms with Crippen LogP contribution in [0.15, 0.2) is 84.9 Å². The Balaban J connectivity index is 1.31. The number of aliphatic hydroxyl groups excluding tert-OH is 1. The Labute approximate surface area is 208 Å². The molecule has 5 rings (SSSR count). The van der Waals surface area contributed by atoms with Gasteiger partial charge in [-0.05, 0) is 55.1 Å². The molecule has 1 saturated heterocycles. The van der Waals surface area contributed by atoms with Crippen LogP contribution in [0.1, 0.15) is 41.9 Å². The van der Waals surface area contributed by atoms with E-state index in [-0.39, 0.29) is 17.9 Å². The number of nitrogens with one attached hydrogen (secondary N) is 1. The minimum atomic E-state index is -0.600. The number of nitrogens with zero attached hydrogens (tertiary/aromatic N) is 2. The van der Waals surface area contributed by atoms with Gasteiger partial charge in [0.1, 0.15) is 0 Å². The van der Waals surface area contributed by atoms with Crippen molar-refractivity contribution in [3.8, 4) is 0 Å². The van der Waals surface area contributed by atoms with E-state index in [2.05, 4.69) is 70.9 Å². The molecule has 0 saturated carbocycles. The van der Waals surface area contributed by atoms with Crippen molar-refractivity contribution in [2.45, 2.75) is 50.4 Å². The van der Waals surface area contributed by atoms with E-state index in [4.69, 9.17) is 0 Å². The van der Waals surface area contributed by atoms with Crippen LogP contribution in [0.25, 0.3) is 0 Å². The van der Waals surface area contributed by atoms with Gasteiger partial charge >= 0.3 is 0 Å². The predicted octanol–water partition coefficient (Wildman–Crippen LogP) is 4.32. The molecular weight excluding hydrogens is 434 g/mol. The first-order valence-electron chi connectivity index (χ1n) is 12.8. The summed E-state index contributed by atoms with van der Waals surface area (Å²) >= 11 is 0. The molecule has 35 heavy (non-hydrogen) atoms. The van der Waals surface area contributed by atoms with Crippen LogP contribution in [-0.2, 0) is 17.9 Å². The van der Waals surface area contributed by atoms with E-state index >= 15 is 0 Å². The molecule has 0 aliphatic carbocycles. The summed E-state index contributed by atoms with van der Waals surface area (Å²) in [7, 11) is 0. The first-order valence-corrected chi connectivity index (χ1v) is 12.8. The van der Waals surface area contributed by atoms with Crippen LogP contribution < -0.4 is 10.2 Å². The molecule has 2 unspecified atom stereocenters. The van der Waals surface area contributed by atoms with Gasteiger partial charge in [-0.25, -0.2) is 0 Å². The number of para-hydroxylation sites is 1. The summed E-state index contributed by atoms with van der Waals surface area (Å²) in [6.07, 6.45) is 1.78. The van der Waals surface area contributed by atoms with Gasteiger partial charge in [0.25, 0.3) is 0 Å². The van der Waals surface area contributed by atoms with Crippen LogP contribution in [0.3, 0.4) is 0 Å². The van der Waals surface area contributed by atoms with Crippen LogP contribution in [-0.4, -0.2) is 47.7 Å². The number of carbonyl (C=O) groups is 1. The fraction of sp³-hybridized carbons (Fsp3) is 0.367. The van der Waals surface area contributed by atoms with Gasteiger partial charge < -0.3 is 15.3 Å². The van der Waals surface area contributed by atoms with Crippen LogP contribution in [0.2, 0.25) is 0 Å². The summed E-state index contributed by atoms with van der Waals surface area (Å²) in [5.41, 5.74) is 4.53. The van der Waals surface area contributed by atoms with Gasteiger partial charge in [0, 0.05) is 31.4 Å². The number of hydrogen-bond donors (Lipinski definition) is 2. The molecule has 5 nitrogen and oxygen atoms in total. The average Bonchev–Trinajstić information content (AvgIpc) is 3.16. The molecule has 1 fully saturated rings. The first-order chi connectivity index (χ1) is 17.2. The van der Waals surface area contributed by atoms with E-state index in [0.717, 1.165) is 50.3 Å². The molecule has 182 valence electrons. The Morgan fingerprint density at radius 1 is 0.857 bits per heavy atom. The summed E-state index contributed by atoms with van der Waals surface area (Å²) in [6, 6.07) is 29.1. The van der Waals surface area contributed by atoms with E-state index in [0.29, 0.717) is 13.0 Å². The van der Waals surface area contributed by atoms with Crippen LogP contribution in [0.4, 0.5) is 5.69 Å². The number of fused-ring (bicyclic) bond motifs is 1. The fourth-order valence-corrected chi connectivity index (χ4v) is 5.60. The van der Waals surface area contributed by atoms with Crippen LogP contribution >= 0.6 is 0 Å². The zero-order valence-corrected chi connectivity index (χ0v) is 20.2. The summed E-state index contributed by atoms with van der Waals surface area (Å²) < 4.78 is 0. The van der Waals surface area contributed by atoms with Crippen molar-refractivity contribution < 1.29 is 9.90 Å².